The SMILES string of the molecule is NC1=NC(CCC2CCCCC2)(CC2CCCCC2)C(=O)N1Cc1ccc(F)cc1. The van der Waals surface area contributed by atoms with E-state index in [0.717, 1.165) is 30.7 Å². The topological polar surface area (TPSA) is 58.7 Å². The van der Waals surface area contributed by atoms with Crippen molar-refractivity contribution in [3.05, 3.63) is 35.6 Å². The van der Waals surface area contributed by atoms with Crippen LogP contribution in [0.1, 0.15) is 89.0 Å². The molecule has 0 radical (unpaired) electrons. The molecule has 2 aliphatic carbocycles. The van der Waals surface area contributed by atoms with Crippen molar-refractivity contribution in [2.45, 2.75) is 95.6 Å². The molecular weight excluding hydrogens is 377 g/mol. The van der Waals surface area contributed by atoms with Crippen LogP contribution in [-0.2, 0) is 11.3 Å². The Labute approximate surface area is 180 Å². The molecule has 3 aliphatic rings. The standard InChI is InChI=1S/C25H36FN3O/c26-22-13-11-21(12-14-22)18-29-23(30)25(28-24(29)27,17-20-9-5-2-6-10-20)16-15-19-7-3-1-4-8-19/h11-14,19-20H,1-10,15-18H2,(H2,27,28). The zero-order valence-electron chi connectivity index (χ0n) is 18.1. The molecular formula is C25H36FN3O. The summed E-state index contributed by atoms with van der Waals surface area (Å²) in [6.07, 6.45) is 15.5. The second-order valence-corrected chi connectivity index (χ2v) is 9.77. The van der Waals surface area contributed by atoms with E-state index in [-0.39, 0.29) is 11.7 Å². The molecule has 4 nitrogen and oxygen atoms in total. The largest absolute Gasteiger partial charge is 0.369 e. The molecule has 1 aliphatic heterocycles. The molecule has 0 saturated heterocycles. The monoisotopic (exact) mass is 413 g/mol. The number of hydrogen-bond acceptors (Lipinski definition) is 3. The molecule has 5 heteroatoms. The van der Waals surface area contributed by atoms with Crippen molar-refractivity contribution in [3.63, 3.8) is 0 Å². The van der Waals surface area contributed by atoms with E-state index in [4.69, 9.17) is 10.7 Å². The highest BCUT2D eigenvalue weighted by Crippen LogP contribution is 2.41. The molecule has 1 unspecified atom stereocenters. The lowest BCUT2D eigenvalue weighted by molar-refractivity contribution is -0.132. The second-order valence-electron chi connectivity index (χ2n) is 9.77. The lowest BCUT2D eigenvalue weighted by atomic mass is 9.75. The number of nitrogens with zero attached hydrogens (tertiary/aromatic N) is 2. The fraction of sp³-hybridized carbons (Fsp3) is 0.680. The first-order valence-corrected chi connectivity index (χ1v) is 12.0. The molecule has 164 valence electrons. The Morgan fingerprint density at radius 3 is 2.20 bits per heavy atom. The van der Waals surface area contributed by atoms with Gasteiger partial charge in [-0.2, -0.15) is 0 Å². The second kappa shape index (κ2) is 9.49. The van der Waals surface area contributed by atoms with Gasteiger partial charge < -0.3 is 5.73 Å². The molecule has 1 amide bonds. The normalized spacial score (nSPS) is 26.2. The van der Waals surface area contributed by atoms with Gasteiger partial charge in [-0.15, -0.1) is 0 Å². The van der Waals surface area contributed by atoms with E-state index < -0.39 is 5.54 Å². The van der Waals surface area contributed by atoms with Crippen molar-refractivity contribution in [2.24, 2.45) is 22.6 Å². The molecule has 1 atom stereocenters. The summed E-state index contributed by atoms with van der Waals surface area (Å²) in [5.41, 5.74) is 6.51. The van der Waals surface area contributed by atoms with Crippen molar-refractivity contribution < 1.29 is 9.18 Å². The Morgan fingerprint density at radius 2 is 1.57 bits per heavy atom. The maximum Gasteiger partial charge on any atom is 0.257 e. The highest BCUT2D eigenvalue weighted by molar-refractivity contribution is 6.06. The van der Waals surface area contributed by atoms with Gasteiger partial charge in [0.05, 0.1) is 6.54 Å². The Morgan fingerprint density at radius 1 is 0.967 bits per heavy atom. The van der Waals surface area contributed by atoms with Gasteiger partial charge in [0.25, 0.3) is 5.91 Å². The van der Waals surface area contributed by atoms with Crippen molar-refractivity contribution in [1.82, 2.24) is 4.90 Å². The van der Waals surface area contributed by atoms with Gasteiger partial charge in [0, 0.05) is 0 Å². The van der Waals surface area contributed by atoms with E-state index in [2.05, 4.69) is 0 Å². The van der Waals surface area contributed by atoms with Crippen LogP contribution in [-0.4, -0.2) is 22.3 Å². The first kappa shape index (κ1) is 21.3. The molecule has 2 fully saturated rings. The number of carbonyl (C=O) groups is 1. The van der Waals surface area contributed by atoms with Gasteiger partial charge in [0.1, 0.15) is 11.4 Å². The number of benzene rings is 1. The maximum atomic E-state index is 13.7. The number of hydrogen-bond donors (Lipinski definition) is 1. The van der Waals surface area contributed by atoms with E-state index in [1.165, 1.54) is 76.3 Å². The summed E-state index contributed by atoms with van der Waals surface area (Å²) in [4.78, 5) is 20.2. The molecule has 2 N–H and O–H groups in total. The minimum Gasteiger partial charge on any atom is -0.369 e. The summed E-state index contributed by atoms with van der Waals surface area (Å²) >= 11 is 0. The molecule has 30 heavy (non-hydrogen) atoms. The van der Waals surface area contributed by atoms with Crippen LogP contribution >= 0.6 is 0 Å². The van der Waals surface area contributed by atoms with Gasteiger partial charge in [-0.3, -0.25) is 9.69 Å². The van der Waals surface area contributed by atoms with Crippen LogP contribution < -0.4 is 5.73 Å². The minimum absolute atomic E-state index is 0.0608. The Hall–Kier alpha value is -1.91. The number of aliphatic imine (C=N–C) groups is 1. The molecule has 0 aromatic heterocycles. The number of carbonyl (C=O) groups excluding carboxylic acids is 1. The maximum absolute atomic E-state index is 13.7. The Bertz CT molecular complexity index is 750. The predicted octanol–water partition coefficient (Wildman–Crippen LogP) is 5.55. The minimum atomic E-state index is -0.691. The molecule has 0 bridgehead atoms. The zero-order valence-corrected chi connectivity index (χ0v) is 18.1. The van der Waals surface area contributed by atoms with E-state index in [1.807, 2.05) is 0 Å². The van der Waals surface area contributed by atoms with Crippen LogP contribution in [0.4, 0.5) is 4.39 Å². The van der Waals surface area contributed by atoms with Gasteiger partial charge in [-0.25, -0.2) is 9.38 Å². The van der Waals surface area contributed by atoms with Gasteiger partial charge in [0.2, 0.25) is 0 Å². The van der Waals surface area contributed by atoms with Crippen LogP contribution in [0, 0.1) is 17.7 Å². The fourth-order valence-electron chi connectivity index (χ4n) is 5.79. The lowest BCUT2D eigenvalue weighted by Gasteiger charge is -2.33. The molecule has 1 aromatic carbocycles. The third kappa shape index (κ3) is 4.87. The fourth-order valence-corrected chi connectivity index (χ4v) is 5.79. The van der Waals surface area contributed by atoms with Crippen LogP contribution in [0.3, 0.4) is 0 Å². The van der Waals surface area contributed by atoms with Gasteiger partial charge in [-0.05, 0) is 48.8 Å². The van der Waals surface area contributed by atoms with Crippen LogP contribution in [0.2, 0.25) is 0 Å². The number of rotatable bonds is 7. The smallest absolute Gasteiger partial charge is 0.257 e. The number of nitrogens with two attached hydrogens (primary N) is 1. The number of guanidine groups is 1. The van der Waals surface area contributed by atoms with Crippen LogP contribution in [0.25, 0.3) is 0 Å². The average molecular weight is 414 g/mol. The van der Waals surface area contributed by atoms with Crippen molar-refractivity contribution in [1.29, 1.82) is 0 Å². The first-order valence-electron chi connectivity index (χ1n) is 12.0. The summed E-state index contributed by atoms with van der Waals surface area (Å²) in [7, 11) is 0. The first-order chi connectivity index (χ1) is 14.6. The van der Waals surface area contributed by atoms with Gasteiger partial charge in [-0.1, -0.05) is 76.3 Å². The number of amides is 1. The summed E-state index contributed by atoms with van der Waals surface area (Å²) in [5, 5.41) is 0. The molecule has 4 rings (SSSR count). The molecule has 0 spiro atoms. The summed E-state index contributed by atoms with van der Waals surface area (Å²) in [5.74, 6) is 1.41. The summed E-state index contributed by atoms with van der Waals surface area (Å²) in [6.45, 7) is 0.365. The third-order valence-electron chi connectivity index (χ3n) is 7.54. The van der Waals surface area contributed by atoms with E-state index in [0.29, 0.717) is 18.4 Å². The third-order valence-corrected chi connectivity index (χ3v) is 7.54. The van der Waals surface area contributed by atoms with Gasteiger partial charge >= 0.3 is 0 Å². The molecule has 1 heterocycles. The molecule has 2 saturated carbocycles. The van der Waals surface area contributed by atoms with Crippen molar-refractivity contribution in [2.75, 3.05) is 0 Å². The van der Waals surface area contributed by atoms with E-state index in [1.54, 1.807) is 17.0 Å². The van der Waals surface area contributed by atoms with Crippen molar-refractivity contribution in [3.8, 4) is 0 Å². The quantitative estimate of drug-likeness (QED) is 0.637. The average Bonchev–Trinajstić information content (AvgIpc) is 2.99. The number of halogens is 1. The lowest BCUT2D eigenvalue weighted by Crippen LogP contribution is -2.45. The van der Waals surface area contributed by atoms with Crippen molar-refractivity contribution >= 4 is 11.9 Å². The zero-order chi connectivity index (χ0) is 21.0. The Balaban J connectivity index is 1.51. The van der Waals surface area contributed by atoms with Crippen LogP contribution in [0.5, 0.6) is 0 Å². The highest BCUT2D eigenvalue weighted by atomic mass is 19.1. The van der Waals surface area contributed by atoms with E-state index >= 15 is 0 Å². The van der Waals surface area contributed by atoms with E-state index in [9.17, 15) is 9.18 Å². The Kier molecular flexibility index (Phi) is 6.74. The highest BCUT2D eigenvalue weighted by Gasteiger charge is 2.48. The summed E-state index contributed by atoms with van der Waals surface area (Å²) in [6, 6.07) is 6.31. The predicted molar refractivity (Wildman–Crippen MR) is 118 cm³/mol. The molecule has 1 aromatic rings. The van der Waals surface area contributed by atoms with Gasteiger partial charge in [0.15, 0.2) is 5.96 Å². The summed E-state index contributed by atoms with van der Waals surface area (Å²) < 4.78 is 13.3. The van der Waals surface area contributed by atoms with Crippen LogP contribution in [0.15, 0.2) is 29.3 Å².